The van der Waals surface area contributed by atoms with Crippen LogP contribution in [0, 0.1) is 0 Å². The molecule has 2 heterocycles. The van der Waals surface area contributed by atoms with E-state index in [2.05, 4.69) is 38.8 Å². The molecule has 1 N–H and O–H groups in total. The number of hydrogen-bond donors (Lipinski definition) is 1. The van der Waals surface area contributed by atoms with E-state index in [1.54, 1.807) is 0 Å². The van der Waals surface area contributed by atoms with Gasteiger partial charge in [0.1, 0.15) is 5.69 Å². The molecule has 26 heavy (non-hydrogen) atoms. The van der Waals surface area contributed by atoms with Gasteiger partial charge in [0.25, 0.3) is 0 Å². The van der Waals surface area contributed by atoms with Gasteiger partial charge in [-0.25, -0.2) is 0 Å². The van der Waals surface area contributed by atoms with E-state index in [0.717, 1.165) is 52.4 Å². The first-order valence-corrected chi connectivity index (χ1v) is 8.91. The number of nitrogens with one attached hydrogen (secondary N) is 1. The Morgan fingerprint density at radius 1 is 1.00 bits per heavy atom. The fourth-order valence-corrected chi connectivity index (χ4v) is 3.00. The highest BCUT2D eigenvalue weighted by atomic mass is 35.5. The van der Waals surface area contributed by atoms with Crippen molar-refractivity contribution in [3.63, 3.8) is 0 Å². The summed E-state index contributed by atoms with van der Waals surface area (Å²) >= 11 is 5.92. The lowest BCUT2D eigenvalue weighted by atomic mass is 10.2. The zero-order valence-corrected chi connectivity index (χ0v) is 14.9. The highest BCUT2D eigenvalue weighted by Crippen LogP contribution is 2.21. The summed E-state index contributed by atoms with van der Waals surface area (Å²) in [5.41, 5.74) is 3.93. The summed E-state index contributed by atoms with van der Waals surface area (Å²) in [7, 11) is 0. The molecule has 0 amide bonds. The molecule has 0 aliphatic carbocycles. The SMILES string of the molecule is Clc1ccc(-c2cn(CCCNc3cccc4cccnc34)nn2)cc1. The molecule has 0 spiro atoms. The molecule has 0 fully saturated rings. The lowest BCUT2D eigenvalue weighted by Crippen LogP contribution is -2.07. The highest BCUT2D eigenvalue weighted by molar-refractivity contribution is 6.30. The van der Waals surface area contributed by atoms with Gasteiger partial charge in [0, 0.05) is 35.3 Å². The molecule has 6 heteroatoms. The van der Waals surface area contributed by atoms with Crippen LogP contribution >= 0.6 is 11.6 Å². The fraction of sp³-hybridized carbons (Fsp3) is 0.150. The lowest BCUT2D eigenvalue weighted by molar-refractivity contribution is 0.570. The summed E-state index contributed by atoms with van der Waals surface area (Å²) in [4.78, 5) is 4.46. The molecule has 0 aliphatic heterocycles. The van der Waals surface area contributed by atoms with Crippen LogP contribution in [0.4, 0.5) is 5.69 Å². The maximum Gasteiger partial charge on any atom is 0.113 e. The second-order valence-electron chi connectivity index (χ2n) is 6.03. The van der Waals surface area contributed by atoms with Gasteiger partial charge in [0.2, 0.25) is 0 Å². The first-order valence-electron chi connectivity index (χ1n) is 8.53. The van der Waals surface area contributed by atoms with Crippen LogP contribution in [0.3, 0.4) is 0 Å². The molecule has 0 aliphatic rings. The summed E-state index contributed by atoms with van der Waals surface area (Å²) < 4.78 is 1.87. The zero-order chi connectivity index (χ0) is 17.8. The van der Waals surface area contributed by atoms with Crippen LogP contribution in [0.1, 0.15) is 6.42 Å². The predicted octanol–water partition coefficient (Wildman–Crippen LogP) is 4.65. The van der Waals surface area contributed by atoms with Crippen LogP contribution in [0.25, 0.3) is 22.2 Å². The van der Waals surface area contributed by atoms with Crippen molar-refractivity contribution < 1.29 is 0 Å². The van der Waals surface area contributed by atoms with Crippen molar-refractivity contribution in [2.75, 3.05) is 11.9 Å². The van der Waals surface area contributed by atoms with Crippen LogP contribution in [0.2, 0.25) is 5.02 Å². The molecule has 4 rings (SSSR count). The van der Waals surface area contributed by atoms with Crippen molar-refractivity contribution in [1.29, 1.82) is 0 Å². The van der Waals surface area contributed by atoms with Gasteiger partial charge in [-0.15, -0.1) is 5.10 Å². The second kappa shape index (κ2) is 7.54. The number of pyridine rings is 1. The summed E-state index contributed by atoms with van der Waals surface area (Å²) in [6.45, 7) is 1.64. The van der Waals surface area contributed by atoms with E-state index in [-0.39, 0.29) is 0 Å². The van der Waals surface area contributed by atoms with Crippen LogP contribution in [-0.2, 0) is 6.54 Å². The van der Waals surface area contributed by atoms with Gasteiger partial charge in [-0.2, -0.15) is 0 Å². The Bertz CT molecular complexity index is 1000. The molecule has 0 saturated heterocycles. The molecule has 0 saturated carbocycles. The molecular formula is C20H18ClN5. The average Bonchev–Trinajstić information content (AvgIpc) is 3.15. The minimum Gasteiger partial charge on any atom is -0.383 e. The molecule has 0 radical (unpaired) electrons. The number of hydrogen-bond acceptors (Lipinski definition) is 4. The first kappa shape index (κ1) is 16.5. The minimum atomic E-state index is 0.718. The number of aromatic nitrogens is 4. The van der Waals surface area contributed by atoms with Crippen molar-refractivity contribution in [3.05, 3.63) is 72.0 Å². The molecule has 2 aromatic heterocycles. The molecule has 5 nitrogen and oxygen atoms in total. The monoisotopic (exact) mass is 363 g/mol. The van der Waals surface area contributed by atoms with E-state index in [0.29, 0.717) is 0 Å². The van der Waals surface area contributed by atoms with E-state index in [9.17, 15) is 0 Å². The van der Waals surface area contributed by atoms with Crippen LogP contribution in [-0.4, -0.2) is 26.5 Å². The summed E-state index contributed by atoms with van der Waals surface area (Å²) in [6.07, 6.45) is 4.72. The smallest absolute Gasteiger partial charge is 0.113 e. The van der Waals surface area contributed by atoms with Gasteiger partial charge in [0.15, 0.2) is 0 Å². The summed E-state index contributed by atoms with van der Waals surface area (Å²) in [5.74, 6) is 0. The second-order valence-corrected chi connectivity index (χ2v) is 6.47. The molecule has 0 atom stereocenters. The van der Waals surface area contributed by atoms with Crippen molar-refractivity contribution in [2.45, 2.75) is 13.0 Å². The Morgan fingerprint density at radius 2 is 1.85 bits per heavy atom. The normalized spacial score (nSPS) is 11.0. The van der Waals surface area contributed by atoms with E-state index < -0.39 is 0 Å². The number of fused-ring (bicyclic) bond motifs is 1. The number of anilines is 1. The summed E-state index contributed by atoms with van der Waals surface area (Å²) in [6, 6.07) is 17.8. The largest absolute Gasteiger partial charge is 0.383 e. The highest BCUT2D eigenvalue weighted by Gasteiger charge is 2.04. The Kier molecular flexibility index (Phi) is 4.80. The fourth-order valence-electron chi connectivity index (χ4n) is 2.87. The van der Waals surface area contributed by atoms with E-state index in [1.165, 1.54) is 0 Å². The predicted molar refractivity (Wildman–Crippen MR) is 105 cm³/mol. The molecule has 4 aromatic rings. The molecular weight excluding hydrogens is 346 g/mol. The summed E-state index contributed by atoms with van der Waals surface area (Å²) in [5, 5.41) is 13.8. The number of nitrogens with zero attached hydrogens (tertiary/aromatic N) is 4. The number of halogens is 1. The number of para-hydroxylation sites is 1. The standard InChI is InChI=1S/C20H18ClN5/c21-17-9-7-15(8-10-17)19-14-26(25-24-19)13-3-12-22-18-6-1-4-16-5-2-11-23-20(16)18/h1-2,4-11,14,22H,3,12-13H2. The number of rotatable bonds is 6. The van der Waals surface area contributed by atoms with Crippen LogP contribution in [0.5, 0.6) is 0 Å². The molecule has 130 valence electrons. The average molecular weight is 364 g/mol. The van der Waals surface area contributed by atoms with E-state index >= 15 is 0 Å². The topological polar surface area (TPSA) is 55.6 Å². The number of benzene rings is 2. The van der Waals surface area contributed by atoms with Gasteiger partial charge in [-0.05, 0) is 30.7 Å². The Morgan fingerprint density at radius 3 is 2.73 bits per heavy atom. The third-order valence-electron chi connectivity index (χ3n) is 4.19. The molecule has 2 aromatic carbocycles. The van der Waals surface area contributed by atoms with Gasteiger partial charge >= 0.3 is 0 Å². The van der Waals surface area contributed by atoms with E-state index in [4.69, 9.17) is 11.6 Å². The maximum atomic E-state index is 5.92. The van der Waals surface area contributed by atoms with Crippen molar-refractivity contribution >= 4 is 28.2 Å². The van der Waals surface area contributed by atoms with Crippen LogP contribution < -0.4 is 5.32 Å². The third kappa shape index (κ3) is 3.68. The number of aryl methyl sites for hydroxylation is 1. The van der Waals surface area contributed by atoms with Gasteiger partial charge in [-0.1, -0.05) is 47.1 Å². The first-order chi connectivity index (χ1) is 12.8. The minimum absolute atomic E-state index is 0.718. The Hall–Kier alpha value is -2.92. The quantitative estimate of drug-likeness (QED) is 0.507. The van der Waals surface area contributed by atoms with Crippen molar-refractivity contribution in [3.8, 4) is 11.3 Å². The maximum absolute atomic E-state index is 5.92. The zero-order valence-electron chi connectivity index (χ0n) is 14.1. The Labute approximate surface area is 156 Å². The van der Waals surface area contributed by atoms with Gasteiger partial charge in [0.05, 0.1) is 17.4 Å². The molecule has 0 bridgehead atoms. The lowest BCUT2D eigenvalue weighted by Gasteiger charge is -2.08. The Balaban J connectivity index is 1.34. The molecule has 0 unspecified atom stereocenters. The third-order valence-corrected chi connectivity index (χ3v) is 4.44. The van der Waals surface area contributed by atoms with Gasteiger partial charge < -0.3 is 5.32 Å². The van der Waals surface area contributed by atoms with Crippen molar-refractivity contribution in [2.24, 2.45) is 0 Å². The van der Waals surface area contributed by atoms with Crippen molar-refractivity contribution in [1.82, 2.24) is 20.0 Å². The van der Waals surface area contributed by atoms with Gasteiger partial charge in [-0.3, -0.25) is 9.67 Å². The van der Waals surface area contributed by atoms with E-state index in [1.807, 2.05) is 53.5 Å². The van der Waals surface area contributed by atoms with Crippen LogP contribution in [0.15, 0.2) is 67.0 Å².